The third kappa shape index (κ3) is 4.48. The Balaban J connectivity index is 0.00000131. The molecule has 27 heavy (non-hydrogen) atoms. The van der Waals surface area contributed by atoms with Crippen LogP contribution in [0.1, 0.15) is 48.0 Å². The second-order valence-electron chi connectivity index (χ2n) is 7.67. The Labute approximate surface area is 172 Å². The number of hydrogen-bond acceptors (Lipinski definition) is 3. The summed E-state index contributed by atoms with van der Waals surface area (Å²) in [5, 5.41) is 3.36. The fourth-order valence-corrected chi connectivity index (χ4v) is 4.71. The molecule has 0 spiro atoms. The van der Waals surface area contributed by atoms with Crippen LogP contribution in [-0.2, 0) is 0 Å². The average Bonchev–Trinajstić information content (AvgIpc) is 3.10. The van der Waals surface area contributed by atoms with Crippen molar-refractivity contribution >= 4 is 30.7 Å². The summed E-state index contributed by atoms with van der Waals surface area (Å²) in [6, 6.07) is 6.54. The van der Waals surface area contributed by atoms with E-state index in [1.807, 2.05) is 35.9 Å². The van der Waals surface area contributed by atoms with Crippen LogP contribution in [0.3, 0.4) is 0 Å². The van der Waals surface area contributed by atoms with Crippen molar-refractivity contribution in [3.63, 3.8) is 0 Å². The normalized spacial score (nSPS) is 26.4. The van der Waals surface area contributed by atoms with E-state index >= 15 is 0 Å². The van der Waals surface area contributed by atoms with Crippen molar-refractivity contribution in [2.24, 2.45) is 17.6 Å². The van der Waals surface area contributed by atoms with E-state index in [0.717, 1.165) is 24.1 Å². The maximum atomic E-state index is 13.1. The fourth-order valence-electron chi connectivity index (χ4n) is 4.71. The Morgan fingerprint density at radius 2 is 1.93 bits per heavy atom. The van der Waals surface area contributed by atoms with Gasteiger partial charge in [-0.2, -0.15) is 0 Å². The van der Waals surface area contributed by atoms with Crippen molar-refractivity contribution in [3.8, 4) is 5.69 Å². The average molecular weight is 411 g/mol. The van der Waals surface area contributed by atoms with Crippen LogP contribution < -0.4 is 11.1 Å². The lowest BCUT2D eigenvalue weighted by molar-refractivity contribution is 0.0756. The van der Waals surface area contributed by atoms with E-state index in [0.29, 0.717) is 23.4 Å². The molecule has 1 amide bonds. The minimum Gasteiger partial charge on any atom is -0.349 e. The fraction of sp³-hybridized carbons (Fsp3) is 0.500. The maximum Gasteiger partial charge on any atom is 0.253 e. The molecule has 148 valence electrons. The molecule has 4 rings (SSSR count). The molecule has 2 bridgehead atoms. The molecule has 2 aliphatic carbocycles. The molecule has 0 aliphatic heterocycles. The molecule has 2 fully saturated rings. The van der Waals surface area contributed by atoms with Gasteiger partial charge in [0.2, 0.25) is 0 Å². The third-order valence-electron chi connectivity index (χ3n) is 5.85. The first kappa shape index (κ1) is 21.7. The number of imidazole rings is 1. The van der Waals surface area contributed by atoms with E-state index in [2.05, 4.69) is 10.3 Å². The van der Waals surface area contributed by atoms with E-state index in [1.165, 1.54) is 19.3 Å². The van der Waals surface area contributed by atoms with Crippen LogP contribution in [0.5, 0.6) is 0 Å². The Hall–Kier alpha value is -1.56. The van der Waals surface area contributed by atoms with Crippen molar-refractivity contribution in [1.82, 2.24) is 14.9 Å². The number of nitrogens with two attached hydrogens (primary N) is 1. The van der Waals surface area contributed by atoms with Crippen molar-refractivity contribution < 1.29 is 4.79 Å². The summed E-state index contributed by atoms with van der Waals surface area (Å²) in [6.07, 6.45) is 11.0. The van der Waals surface area contributed by atoms with Crippen LogP contribution in [-0.4, -0.2) is 27.5 Å². The molecule has 0 radical (unpaired) electrons. The highest BCUT2D eigenvalue weighted by Gasteiger charge is 2.40. The summed E-state index contributed by atoms with van der Waals surface area (Å²) < 4.78 is 1.89. The standard InChI is InChI=1S/C20H26N4O.2ClH/c1-13-5-6-18(24-8-7-22-12-24)17(9-13)20(25)23-19-14-3-2-4-15(19)11-16(21)10-14;;/h5-9,12,14-16,19H,2-4,10-11,21H2,1H3,(H,23,25);2*1H. The molecule has 5 nitrogen and oxygen atoms in total. The molecule has 0 saturated heterocycles. The van der Waals surface area contributed by atoms with Crippen LogP contribution >= 0.6 is 24.8 Å². The molecule has 7 heteroatoms. The summed E-state index contributed by atoms with van der Waals surface area (Å²) in [6.45, 7) is 2.02. The number of carbonyl (C=O) groups excluding carboxylic acids is 1. The number of fused-ring (bicyclic) bond motifs is 2. The molecule has 2 saturated carbocycles. The highest BCUT2D eigenvalue weighted by atomic mass is 35.5. The van der Waals surface area contributed by atoms with E-state index in [4.69, 9.17) is 5.73 Å². The quantitative estimate of drug-likeness (QED) is 0.810. The minimum absolute atomic E-state index is 0. The van der Waals surface area contributed by atoms with Gasteiger partial charge >= 0.3 is 0 Å². The number of nitrogens with zero attached hydrogens (tertiary/aromatic N) is 2. The zero-order valence-electron chi connectivity index (χ0n) is 15.5. The molecule has 1 heterocycles. The Morgan fingerprint density at radius 1 is 1.22 bits per heavy atom. The lowest BCUT2D eigenvalue weighted by Crippen LogP contribution is -2.53. The van der Waals surface area contributed by atoms with Gasteiger partial charge < -0.3 is 15.6 Å². The zero-order valence-corrected chi connectivity index (χ0v) is 17.1. The minimum atomic E-state index is 0. The summed E-state index contributed by atoms with van der Waals surface area (Å²) in [5.74, 6) is 1.06. The van der Waals surface area contributed by atoms with Crippen LogP contribution in [0.2, 0.25) is 0 Å². The predicted molar refractivity (Wildman–Crippen MR) is 112 cm³/mol. The molecule has 2 aromatic rings. The van der Waals surface area contributed by atoms with Crippen LogP contribution in [0.25, 0.3) is 5.69 Å². The summed E-state index contributed by atoms with van der Waals surface area (Å²) >= 11 is 0. The second kappa shape index (κ2) is 9.09. The topological polar surface area (TPSA) is 72.9 Å². The van der Waals surface area contributed by atoms with Crippen molar-refractivity contribution in [2.45, 2.75) is 51.1 Å². The molecular weight excluding hydrogens is 383 g/mol. The van der Waals surface area contributed by atoms with Gasteiger partial charge in [0.25, 0.3) is 5.91 Å². The van der Waals surface area contributed by atoms with Crippen LogP contribution in [0.15, 0.2) is 36.9 Å². The highest BCUT2D eigenvalue weighted by Crippen LogP contribution is 2.39. The largest absolute Gasteiger partial charge is 0.349 e. The lowest BCUT2D eigenvalue weighted by atomic mass is 9.67. The van der Waals surface area contributed by atoms with E-state index in [9.17, 15) is 4.79 Å². The highest BCUT2D eigenvalue weighted by molar-refractivity contribution is 5.98. The number of nitrogens with one attached hydrogen (secondary N) is 1. The molecule has 3 N–H and O–H groups in total. The summed E-state index contributed by atoms with van der Waals surface area (Å²) in [4.78, 5) is 17.2. The van der Waals surface area contributed by atoms with Gasteiger partial charge in [-0.3, -0.25) is 4.79 Å². The lowest BCUT2D eigenvalue weighted by Gasteiger charge is -2.45. The summed E-state index contributed by atoms with van der Waals surface area (Å²) in [7, 11) is 0. The van der Waals surface area contributed by atoms with Crippen molar-refractivity contribution in [2.75, 3.05) is 0 Å². The molecular formula is C20H28Cl2N4O. The van der Waals surface area contributed by atoms with Gasteiger partial charge in [-0.1, -0.05) is 18.1 Å². The first-order chi connectivity index (χ1) is 12.1. The van der Waals surface area contributed by atoms with E-state index in [-0.39, 0.29) is 36.8 Å². The van der Waals surface area contributed by atoms with Gasteiger partial charge in [-0.25, -0.2) is 4.98 Å². The smallest absolute Gasteiger partial charge is 0.253 e. The number of aromatic nitrogens is 2. The van der Waals surface area contributed by atoms with Crippen LogP contribution in [0.4, 0.5) is 0 Å². The molecule has 2 unspecified atom stereocenters. The first-order valence-electron chi connectivity index (χ1n) is 9.27. The van der Waals surface area contributed by atoms with E-state index in [1.54, 1.807) is 12.5 Å². The number of carbonyl (C=O) groups is 1. The zero-order chi connectivity index (χ0) is 17.4. The van der Waals surface area contributed by atoms with Gasteiger partial charge in [0.15, 0.2) is 0 Å². The monoisotopic (exact) mass is 410 g/mol. The summed E-state index contributed by atoms with van der Waals surface area (Å²) in [5.41, 5.74) is 8.88. The van der Waals surface area contributed by atoms with Gasteiger partial charge in [0.05, 0.1) is 17.6 Å². The van der Waals surface area contributed by atoms with E-state index < -0.39 is 0 Å². The molecule has 1 aromatic heterocycles. The van der Waals surface area contributed by atoms with Gasteiger partial charge in [0, 0.05) is 24.5 Å². The Bertz CT molecular complexity index is 751. The molecule has 1 aromatic carbocycles. The van der Waals surface area contributed by atoms with Gasteiger partial charge in [-0.15, -0.1) is 24.8 Å². The predicted octanol–water partition coefficient (Wildman–Crippen LogP) is 3.66. The first-order valence-corrected chi connectivity index (χ1v) is 9.27. The molecule has 2 aliphatic rings. The Morgan fingerprint density at radius 3 is 2.56 bits per heavy atom. The van der Waals surface area contributed by atoms with Gasteiger partial charge in [-0.05, 0) is 56.6 Å². The van der Waals surface area contributed by atoms with Gasteiger partial charge in [0.1, 0.15) is 0 Å². The number of benzene rings is 1. The molecule has 2 atom stereocenters. The number of rotatable bonds is 3. The number of hydrogen-bond donors (Lipinski definition) is 2. The SMILES string of the molecule is Cc1ccc(-n2ccnc2)c(C(=O)NC2C3CCCC2CC(N)C3)c1.Cl.Cl. The maximum absolute atomic E-state index is 13.1. The van der Waals surface area contributed by atoms with Crippen molar-refractivity contribution in [3.05, 3.63) is 48.0 Å². The Kier molecular flexibility index (Phi) is 7.32. The van der Waals surface area contributed by atoms with Crippen molar-refractivity contribution in [1.29, 1.82) is 0 Å². The third-order valence-corrected chi connectivity index (χ3v) is 5.85. The van der Waals surface area contributed by atoms with Crippen LogP contribution in [0, 0.1) is 18.8 Å². The number of aryl methyl sites for hydroxylation is 1. The second-order valence-corrected chi connectivity index (χ2v) is 7.67. The number of amides is 1. The number of halogens is 2.